The Balaban J connectivity index is 1.75. The molecule has 6 nitrogen and oxygen atoms in total. The number of fused-ring (bicyclic) bond motifs is 1. The second-order valence-corrected chi connectivity index (χ2v) is 6.88. The number of benzene rings is 1. The number of hydrogen-bond acceptors (Lipinski definition) is 5. The van der Waals surface area contributed by atoms with Gasteiger partial charge in [0.05, 0.1) is 22.8 Å². The number of thiazole rings is 1. The van der Waals surface area contributed by atoms with Crippen molar-refractivity contribution in [2.75, 3.05) is 10.6 Å². The van der Waals surface area contributed by atoms with E-state index in [1.807, 2.05) is 13.8 Å². The number of rotatable bonds is 4. The number of nitrogens with one attached hydrogen (secondary N) is 2. The molecule has 3 rings (SSSR count). The van der Waals surface area contributed by atoms with Gasteiger partial charge in [0.15, 0.2) is 5.13 Å². The van der Waals surface area contributed by atoms with Crippen LogP contribution < -0.4 is 10.6 Å². The lowest BCUT2D eigenvalue weighted by atomic mass is 10.1. The van der Waals surface area contributed by atoms with Crippen LogP contribution in [0.15, 0.2) is 36.9 Å². The first kappa shape index (κ1) is 17.3. The molecule has 0 spiro atoms. The molecule has 1 aliphatic rings. The molecule has 0 unspecified atom stereocenters. The summed E-state index contributed by atoms with van der Waals surface area (Å²) >= 11 is 1.44. The topological polar surface area (TPSA) is 80.3 Å². The van der Waals surface area contributed by atoms with Crippen LogP contribution in [0.5, 0.6) is 0 Å². The standard InChI is InChI=1S/C18H19N3O3S/c1-4-15(22)19-13-7-5-6-12(9-13)17(23)21-18-20-14-8-10(2)24-11(3)16(14)25-18/h4-7,9-11H,1,8H2,2-3H3,(H,19,22)(H,20,21,23)/t10-,11+/m1/s1. The lowest BCUT2D eigenvalue weighted by Crippen LogP contribution is -2.20. The SMILES string of the molecule is C=CC(=O)Nc1cccc(C(=O)Nc2nc3c(s2)[C@H](C)O[C@H](C)C3)c1. The van der Waals surface area contributed by atoms with Crippen molar-refractivity contribution in [2.24, 2.45) is 0 Å². The number of nitrogens with zero attached hydrogens (tertiary/aromatic N) is 1. The normalized spacial score (nSPS) is 19.0. The van der Waals surface area contributed by atoms with Crippen molar-refractivity contribution in [3.05, 3.63) is 53.1 Å². The highest BCUT2D eigenvalue weighted by Gasteiger charge is 2.26. The summed E-state index contributed by atoms with van der Waals surface area (Å²) in [4.78, 5) is 29.4. The maximum Gasteiger partial charge on any atom is 0.257 e. The van der Waals surface area contributed by atoms with E-state index in [1.54, 1.807) is 24.3 Å². The fraction of sp³-hybridized carbons (Fsp3) is 0.278. The van der Waals surface area contributed by atoms with Gasteiger partial charge in [-0.2, -0.15) is 0 Å². The number of anilines is 2. The monoisotopic (exact) mass is 357 g/mol. The Bertz CT molecular complexity index is 831. The number of amides is 2. The van der Waals surface area contributed by atoms with Crippen molar-refractivity contribution in [2.45, 2.75) is 32.5 Å². The van der Waals surface area contributed by atoms with Crippen LogP contribution in [0.2, 0.25) is 0 Å². The highest BCUT2D eigenvalue weighted by atomic mass is 32.1. The van der Waals surface area contributed by atoms with Gasteiger partial charge in [-0.15, -0.1) is 0 Å². The lowest BCUT2D eigenvalue weighted by molar-refractivity contribution is -0.111. The minimum atomic E-state index is -0.326. The van der Waals surface area contributed by atoms with Crippen LogP contribution >= 0.6 is 11.3 Å². The number of hydrogen-bond donors (Lipinski definition) is 2. The van der Waals surface area contributed by atoms with Crippen LogP contribution in [0.3, 0.4) is 0 Å². The Morgan fingerprint density at radius 2 is 2.16 bits per heavy atom. The summed E-state index contributed by atoms with van der Waals surface area (Å²) in [6.07, 6.45) is 2.03. The summed E-state index contributed by atoms with van der Waals surface area (Å²) in [5, 5.41) is 6.02. The third-order valence-corrected chi connectivity index (χ3v) is 4.99. The van der Waals surface area contributed by atoms with Crippen molar-refractivity contribution in [1.29, 1.82) is 0 Å². The summed E-state index contributed by atoms with van der Waals surface area (Å²) in [6.45, 7) is 7.41. The lowest BCUT2D eigenvalue weighted by Gasteiger charge is -2.23. The van der Waals surface area contributed by atoms with Crippen molar-refractivity contribution < 1.29 is 14.3 Å². The van der Waals surface area contributed by atoms with Crippen LogP contribution in [-0.4, -0.2) is 22.9 Å². The van der Waals surface area contributed by atoms with Gasteiger partial charge in [-0.25, -0.2) is 4.98 Å². The molecule has 0 saturated heterocycles. The van der Waals surface area contributed by atoms with E-state index < -0.39 is 0 Å². The minimum absolute atomic E-state index is 0.0145. The Kier molecular flexibility index (Phi) is 4.96. The number of ether oxygens (including phenoxy) is 1. The maximum atomic E-state index is 12.5. The maximum absolute atomic E-state index is 12.5. The molecule has 1 aliphatic heterocycles. The van der Waals surface area contributed by atoms with Crippen LogP contribution in [0.25, 0.3) is 0 Å². The van der Waals surface area contributed by atoms with Crippen molar-refractivity contribution >= 4 is 34.0 Å². The molecule has 1 aromatic carbocycles. The average molecular weight is 357 g/mol. The van der Waals surface area contributed by atoms with Gasteiger partial charge in [0.1, 0.15) is 0 Å². The first-order chi connectivity index (χ1) is 12.0. The molecule has 2 amide bonds. The zero-order valence-electron chi connectivity index (χ0n) is 14.0. The Labute approximate surface area is 149 Å². The van der Waals surface area contributed by atoms with E-state index in [9.17, 15) is 9.59 Å². The van der Waals surface area contributed by atoms with E-state index in [-0.39, 0.29) is 24.0 Å². The van der Waals surface area contributed by atoms with Gasteiger partial charge in [-0.05, 0) is 38.1 Å². The highest BCUT2D eigenvalue weighted by molar-refractivity contribution is 7.16. The van der Waals surface area contributed by atoms with Gasteiger partial charge in [0.25, 0.3) is 5.91 Å². The third-order valence-electron chi connectivity index (χ3n) is 3.81. The van der Waals surface area contributed by atoms with E-state index in [0.29, 0.717) is 16.4 Å². The molecule has 130 valence electrons. The summed E-state index contributed by atoms with van der Waals surface area (Å²) in [5.41, 5.74) is 1.96. The molecule has 25 heavy (non-hydrogen) atoms. The summed E-state index contributed by atoms with van der Waals surface area (Å²) in [5.74, 6) is -0.601. The predicted octanol–water partition coefficient (Wildman–Crippen LogP) is 3.54. The van der Waals surface area contributed by atoms with Crippen LogP contribution in [0.4, 0.5) is 10.8 Å². The Hall–Kier alpha value is -2.51. The van der Waals surface area contributed by atoms with Gasteiger partial charge < -0.3 is 10.1 Å². The Morgan fingerprint density at radius 3 is 2.92 bits per heavy atom. The quantitative estimate of drug-likeness (QED) is 0.820. The molecular formula is C18H19N3O3S. The average Bonchev–Trinajstić information content (AvgIpc) is 2.97. The van der Waals surface area contributed by atoms with E-state index in [1.165, 1.54) is 17.4 Å². The molecule has 2 aromatic rings. The van der Waals surface area contributed by atoms with Gasteiger partial charge in [0.2, 0.25) is 5.91 Å². The molecule has 2 heterocycles. The van der Waals surface area contributed by atoms with E-state index >= 15 is 0 Å². The molecular weight excluding hydrogens is 338 g/mol. The molecule has 0 fully saturated rings. The van der Waals surface area contributed by atoms with E-state index in [2.05, 4.69) is 22.2 Å². The third kappa shape index (κ3) is 3.94. The molecule has 0 saturated carbocycles. The zero-order valence-corrected chi connectivity index (χ0v) is 14.9. The van der Waals surface area contributed by atoms with E-state index in [4.69, 9.17) is 4.74 Å². The minimum Gasteiger partial charge on any atom is -0.370 e. The molecule has 0 aliphatic carbocycles. The first-order valence-electron chi connectivity index (χ1n) is 7.96. The van der Waals surface area contributed by atoms with E-state index in [0.717, 1.165) is 17.0 Å². The largest absolute Gasteiger partial charge is 0.370 e. The van der Waals surface area contributed by atoms with Gasteiger partial charge in [0, 0.05) is 17.7 Å². The van der Waals surface area contributed by atoms with Gasteiger partial charge in [-0.1, -0.05) is 24.0 Å². The second kappa shape index (κ2) is 7.16. The van der Waals surface area contributed by atoms with Crippen molar-refractivity contribution in [1.82, 2.24) is 4.98 Å². The second-order valence-electron chi connectivity index (χ2n) is 5.85. The molecule has 1 aromatic heterocycles. The first-order valence-corrected chi connectivity index (χ1v) is 8.78. The smallest absolute Gasteiger partial charge is 0.257 e. The predicted molar refractivity (Wildman–Crippen MR) is 98.0 cm³/mol. The molecule has 0 radical (unpaired) electrons. The number of carbonyl (C=O) groups is 2. The van der Waals surface area contributed by atoms with Crippen LogP contribution in [-0.2, 0) is 16.0 Å². The Morgan fingerprint density at radius 1 is 1.36 bits per heavy atom. The zero-order chi connectivity index (χ0) is 18.0. The summed E-state index contributed by atoms with van der Waals surface area (Å²) < 4.78 is 5.79. The molecule has 0 bridgehead atoms. The van der Waals surface area contributed by atoms with Crippen molar-refractivity contribution in [3.63, 3.8) is 0 Å². The number of carbonyl (C=O) groups excluding carboxylic acids is 2. The number of aromatic nitrogens is 1. The fourth-order valence-electron chi connectivity index (χ4n) is 2.71. The summed E-state index contributed by atoms with van der Waals surface area (Å²) in [6, 6.07) is 6.71. The van der Waals surface area contributed by atoms with Gasteiger partial charge in [-0.3, -0.25) is 14.9 Å². The molecule has 7 heteroatoms. The van der Waals surface area contributed by atoms with Crippen LogP contribution in [0, 0.1) is 0 Å². The molecule has 2 N–H and O–H groups in total. The highest BCUT2D eigenvalue weighted by Crippen LogP contribution is 2.36. The molecule has 2 atom stereocenters. The summed E-state index contributed by atoms with van der Waals surface area (Å²) in [7, 11) is 0. The van der Waals surface area contributed by atoms with Crippen LogP contribution in [0.1, 0.15) is 40.9 Å². The van der Waals surface area contributed by atoms with Crippen molar-refractivity contribution in [3.8, 4) is 0 Å². The fourth-order valence-corrected chi connectivity index (χ4v) is 3.69. The van der Waals surface area contributed by atoms with Gasteiger partial charge >= 0.3 is 0 Å².